The minimum Gasteiger partial charge on any atom is -0.381 e. The van der Waals surface area contributed by atoms with E-state index in [1.807, 2.05) is 32.1 Å². The zero-order valence-corrected chi connectivity index (χ0v) is 30.9. The topological polar surface area (TPSA) is 121 Å². The second-order valence-electron chi connectivity index (χ2n) is 14.2. The molecule has 8 rings (SSSR count). The molecule has 0 unspecified atom stereocenters. The number of allylic oxidation sites excluding steroid dienone is 2. The number of rotatable bonds is 8. The summed E-state index contributed by atoms with van der Waals surface area (Å²) >= 11 is 1.31. The van der Waals surface area contributed by atoms with Gasteiger partial charge in [-0.15, -0.1) is 11.3 Å². The minimum atomic E-state index is -0.474. The van der Waals surface area contributed by atoms with Crippen LogP contribution in [0.15, 0.2) is 79.5 Å². The van der Waals surface area contributed by atoms with Gasteiger partial charge in [-0.05, 0) is 105 Å². The molecule has 12 heteroatoms. The summed E-state index contributed by atoms with van der Waals surface area (Å²) in [5.41, 5.74) is 5.95. The van der Waals surface area contributed by atoms with Gasteiger partial charge in [0.15, 0.2) is 5.82 Å². The van der Waals surface area contributed by atoms with E-state index in [2.05, 4.69) is 31.7 Å². The third-order valence-corrected chi connectivity index (χ3v) is 11.7. The van der Waals surface area contributed by atoms with Crippen molar-refractivity contribution in [2.75, 3.05) is 48.0 Å². The van der Waals surface area contributed by atoms with Gasteiger partial charge in [0.05, 0.1) is 27.5 Å². The van der Waals surface area contributed by atoms with Gasteiger partial charge in [-0.25, -0.2) is 14.4 Å². The lowest BCUT2D eigenvalue weighted by molar-refractivity contribution is -0.000511. The first-order valence-corrected chi connectivity index (χ1v) is 18.8. The fraction of sp³-hybridized carbons (Fsp3) is 0.262. The largest absolute Gasteiger partial charge is 0.381 e. The Morgan fingerprint density at radius 2 is 1.83 bits per heavy atom. The van der Waals surface area contributed by atoms with Crippen LogP contribution in [0, 0.1) is 25.1 Å². The normalized spacial score (nSPS) is 16.1. The number of halogens is 1. The number of ketones is 1. The lowest BCUT2D eigenvalue weighted by Gasteiger charge is -2.53. The number of thiophene rings is 1. The summed E-state index contributed by atoms with van der Waals surface area (Å²) in [6.45, 7) is 10.9. The molecule has 2 amide bonds. The van der Waals surface area contributed by atoms with Crippen LogP contribution in [-0.2, 0) is 11.2 Å². The zero-order valence-electron chi connectivity index (χ0n) is 30.1. The second kappa shape index (κ2) is 14.3. The maximum atomic E-state index is 14.8. The molecule has 1 spiro atoms. The first-order chi connectivity index (χ1) is 26.1. The number of aromatic amines is 1. The predicted molar refractivity (Wildman–Crippen MR) is 209 cm³/mol. The van der Waals surface area contributed by atoms with Crippen LogP contribution in [0.4, 0.5) is 21.6 Å². The number of hydrogen-bond donors (Lipinski definition) is 2. The number of carbonyl (C=O) groups is 3. The maximum absolute atomic E-state index is 14.8. The molecule has 0 atom stereocenters. The molecule has 274 valence electrons. The lowest BCUT2D eigenvalue weighted by Crippen LogP contribution is -2.59. The highest BCUT2D eigenvalue weighted by molar-refractivity contribution is 7.17. The fourth-order valence-electron chi connectivity index (χ4n) is 7.53. The Bertz CT molecular complexity index is 2330. The molecule has 3 aliphatic rings. The first-order valence-electron chi connectivity index (χ1n) is 18.0. The number of amides is 2. The van der Waals surface area contributed by atoms with Crippen LogP contribution in [-0.4, -0.2) is 65.4 Å². The first kappa shape index (κ1) is 35.3. The van der Waals surface area contributed by atoms with Crippen LogP contribution >= 0.6 is 11.3 Å². The summed E-state index contributed by atoms with van der Waals surface area (Å²) in [4.78, 5) is 58.5. The van der Waals surface area contributed by atoms with Crippen molar-refractivity contribution in [3.8, 4) is 10.4 Å². The minimum absolute atomic E-state index is 0.224. The van der Waals surface area contributed by atoms with E-state index in [9.17, 15) is 18.8 Å². The number of nitrogens with one attached hydrogen (secondary N) is 2. The van der Waals surface area contributed by atoms with E-state index in [1.54, 1.807) is 53.6 Å². The number of nitrogens with zero attached hydrogens (tertiary/aromatic N) is 4. The van der Waals surface area contributed by atoms with Gasteiger partial charge in [-0.1, -0.05) is 18.7 Å². The molecule has 3 aliphatic heterocycles. The van der Waals surface area contributed by atoms with Gasteiger partial charge in [0.1, 0.15) is 11.6 Å². The number of pyridine rings is 1. The summed E-state index contributed by atoms with van der Waals surface area (Å²) < 4.78 is 20.4. The number of fused-ring (bicyclic) bond motifs is 3. The molecular formula is C42H39FN6O4S. The molecule has 2 aromatic carbocycles. The van der Waals surface area contributed by atoms with Gasteiger partial charge in [0.25, 0.3) is 11.8 Å². The second-order valence-corrected chi connectivity index (χ2v) is 15.3. The van der Waals surface area contributed by atoms with Crippen LogP contribution in [0.1, 0.15) is 71.6 Å². The van der Waals surface area contributed by atoms with E-state index in [4.69, 9.17) is 4.74 Å². The van der Waals surface area contributed by atoms with Crippen LogP contribution in [0.5, 0.6) is 0 Å². The number of imidazole rings is 1. The molecular weight excluding hydrogens is 704 g/mol. The highest BCUT2D eigenvalue weighted by Crippen LogP contribution is 2.44. The van der Waals surface area contributed by atoms with Gasteiger partial charge in [0, 0.05) is 66.2 Å². The molecule has 3 aromatic heterocycles. The molecule has 0 radical (unpaired) electrons. The van der Waals surface area contributed by atoms with Gasteiger partial charge in [0.2, 0.25) is 5.78 Å². The SMILES string of the molecule is C=C/C=C\c1[nH]c(C(=O)c2cc3c(s2)-c2ccc(F)cc2N(C(=O)c2ccc(NC(=O)c4cc(C)cnc4N4CC5(CCOCC5)C4)cc2)CC3)nc1C. The Morgan fingerprint density at radius 1 is 1.06 bits per heavy atom. The maximum Gasteiger partial charge on any atom is 0.259 e. The fourth-order valence-corrected chi connectivity index (χ4v) is 8.71. The Balaban J connectivity index is 0.997. The highest BCUT2D eigenvalue weighted by atomic mass is 32.1. The Labute approximate surface area is 316 Å². The molecule has 54 heavy (non-hydrogen) atoms. The molecule has 6 heterocycles. The van der Waals surface area contributed by atoms with E-state index < -0.39 is 5.82 Å². The average Bonchev–Trinajstić information content (AvgIpc) is 3.72. The van der Waals surface area contributed by atoms with E-state index >= 15 is 0 Å². The molecule has 2 fully saturated rings. The van der Waals surface area contributed by atoms with Crippen molar-refractivity contribution in [3.63, 3.8) is 0 Å². The lowest BCUT2D eigenvalue weighted by atomic mass is 9.73. The number of ether oxygens (including phenoxy) is 1. The van der Waals surface area contributed by atoms with E-state index in [-0.39, 0.29) is 35.4 Å². The molecule has 2 saturated heterocycles. The van der Waals surface area contributed by atoms with Crippen molar-refractivity contribution >= 4 is 52.2 Å². The number of carbonyl (C=O) groups excluding carboxylic acids is 3. The van der Waals surface area contributed by atoms with Crippen molar-refractivity contribution in [2.45, 2.75) is 33.1 Å². The summed E-state index contributed by atoms with van der Waals surface area (Å²) in [7, 11) is 0. The average molecular weight is 743 g/mol. The standard InChI is InChI=1S/C42H39FN6O4S/c1-4-5-6-33-26(3)45-38(47-33)36(50)35-20-28-13-16-49(34-21-29(43)9-12-31(34)37(28)54-35)41(52)27-7-10-30(11-8-27)46-40(51)32-19-25(2)22-44-39(32)48-23-42(24-48)14-17-53-18-15-42/h4-12,19-22H,1,13-18,23-24H2,2-3H3,(H,45,47)(H,46,51)/b6-5-. The summed E-state index contributed by atoms with van der Waals surface area (Å²) in [6, 6.07) is 14.8. The van der Waals surface area contributed by atoms with E-state index in [1.165, 1.54) is 23.5 Å². The molecule has 0 saturated carbocycles. The van der Waals surface area contributed by atoms with E-state index in [0.29, 0.717) is 50.9 Å². The quantitative estimate of drug-likeness (QED) is 0.123. The van der Waals surface area contributed by atoms with Crippen LogP contribution in [0.3, 0.4) is 0 Å². The van der Waals surface area contributed by atoms with Crippen molar-refractivity contribution in [2.24, 2.45) is 5.41 Å². The van der Waals surface area contributed by atoms with Crippen molar-refractivity contribution in [3.05, 3.63) is 130 Å². The van der Waals surface area contributed by atoms with Gasteiger partial charge >= 0.3 is 0 Å². The third kappa shape index (κ3) is 6.67. The summed E-state index contributed by atoms with van der Waals surface area (Å²) in [5, 5.41) is 2.99. The van der Waals surface area contributed by atoms with Crippen molar-refractivity contribution < 1.29 is 23.5 Å². The number of aryl methyl sites for hydroxylation is 2. The highest BCUT2D eigenvalue weighted by Gasteiger charge is 2.45. The molecule has 0 aliphatic carbocycles. The van der Waals surface area contributed by atoms with Crippen LogP contribution in [0.2, 0.25) is 0 Å². The van der Waals surface area contributed by atoms with Gasteiger partial charge < -0.3 is 24.8 Å². The van der Waals surface area contributed by atoms with Crippen LogP contribution < -0.4 is 15.1 Å². The number of benzene rings is 2. The van der Waals surface area contributed by atoms with E-state index in [0.717, 1.165) is 60.8 Å². The summed E-state index contributed by atoms with van der Waals surface area (Å²) in [5.74, 6) is -0.390. The smallest absolute Gasteiger partial charge is 0.259 e. The monoisotopic (exact) mass is 742 g/mol. The molecule has 0 bridgehead atoms. The third-order valence-electron chi connectivity index (χ3n) is 10.5. The number of aromatic nitrogens is 3. The molecule has 2 N–H and O–H groups in total. The predicted octanol–water partition coefficient (Wildman–Crippen LogP) is 7.79. The number of hydrogen-bond acceptors (Lipinski definition) is 8. The Morgan fingerprint density at radius 3 is 2.59 bits per heavy atom. The molecule has 10 nitrogen and oxygen atoms in total. The zero-order chi connectivity index (χ0) is 37.6. The number of H-pyrrole nitrogens is 1. The Kier molecular flexibility index (Phi) is 9.32. The van der Waals surface area contributed by atoms with Crippen molar-refractivity contribution in [1.82, 2.24) is 15.0 Å². The van der Waals surface area contributed by atoms with Crippen molar-refractivity contribution in [1.29, 1.82) is 0 Å². The van der Waals surface area contributed by atoms with Gasteiger partial charge in [-0.2, -0.15) is 0 Å². The molecule has 5 aromatic rings. The number of anilines is 3. The van der Waals surface area contributed by atoms with Crippen LogP contribution in [0.25, 0.3) is 16.5 Å². The summed E-state index contributed by atoms with van der Waals surface area (Å²) in [6.07, 6.45) is 9.50. The Hall–Kier alpha value is -5.72. The van der Waals surface area contributed by atoms with Gasteiger partial charge in [-0.3, -0.25) is 14.4 Å².